The molecule has 25 heavy (non-hydrogen) atoms. The molecule has 1 N–H and O–H groups in total. The van der Waals surface area contributed by atoms with Crippen LogP contribution in [0.25, 0.3) is 0 Å². The lowest BCUT2D eigenvalue weighted by Crippen LogP contribution is -2.44. The standard InChI is InChI=1S/C18H22F4N2O/c19-16-10-13(3-4-15(16)12-5-7-23-8-6-12)17(25)24-9-1-2-14(11-24)18(20,21)22/h3-4,10,12,14,23H,1-2,5-9,11H2. The predicted octanol–water partition coefficient (Wildman–Crippen LogP) is 3.71. The SMILES string of the molecule is O=C(c1ccc(C2CCNCC2)c(F)c1)N1CCCC(C(F)(F)F)C1. The number of carbonyl (C=O) groups is 1. The first-order valence-corrected chi connectivity index (χ1v) is 8.72. The summed E-state index contributed by atoms with van der Waals surface area (Å²) in [6.45, 7) is 1.60. The van der Waals surface area contributed by atoms with Gasteiger partial charge in [-0.1, -0.05) is 6.07 Å². The first-order chi connectivity index (χ1) is 11.9. The minimum absolute atomic E-state index is 0.0380. The first-order valence-electron chi connectivity index (χ1n) is 8.72. The molecule has 1 amide bonds. The highest BCUT2D eigenvalue weighted by Gasteiger charge is 2.42. The Labute approximate surface area is 144 Å². The molecule has 0 bridgehead atoms. The normalized spacial score (nSPS) is 22.9. The average Bonchev–Trinajstić information content (AvgIpc) is 2.61. The Kier molecular flexibility index (Phi) is 5.32. The van der Waals surface area contributed by atoms with E-state index in [1.807, 2.05) is 0 Å². The topological polar surface area (TPSA) is 32.3 Å². The lowest BCUT2D eigenvalue weighted by atomic mass is 9.89. The van der Waals surface area contributed by atoms with E-state index in [2.05, 4.69) is 5.32 Å². The molecule has 0 saturated carbocycles. The van der Waals surface area contributed by atoms with Gasteiger partial charge in [0.2, 0.25) is 0 Å². The van der Waals surface area contributed by atoms with Crippen molar-refractivity contribution in [3.63, 3.8) is 0 Å². The van der Waals surface area contributed by atoms with E-state index in [1.165, 1.54) is 11.0 Å². The minimum Gasteiger partial charge on any atom is -0.338 e. The smallest absolute Gasteiger partial charge is 0.338 e. The van der Waals surface area contributed by atoms with Crippen LogP contribution >= 0.6 is 0 Å². The summed E-state index contributed by atoms with van der Waals surface area (Å²) in [4.78, 5) is 13.7. The second kappa shape index (κ2) is 7.32. The van der Waals surface area contributed by atoms with Crippen LogP contribution in [-0.4, -0.2) is 43.2 Å². The maximum Gasteiger partial charge on any atom is 0.393 e. The zero-order valence-electron chi connectivity index (χ0n) is 13.9. The van der Waals surface area contributed by atoms with E-state index in [9.17, 15) is 22.4 Å². The molecule has 7 heteroatoms. The van der Waals surface area contributed by atoms with Crippen molar-refractivity contribution in [3.8, 4) is 0 Å². The van der Waals surface area contributed by atoms with E-state index in [0.29, 0.717) is 12.0 Å². The van der Waals surface area contributed by atoms with Gasteiger partial charge < -0.3 is 10.2 Å². The summed E-state index contributed by atoms with van der Waals surface area (Å²) < 4.78 is 53.2. The Hall–Kier alpha value is -1.63. The van der Waals surface area contributed by atoms with Crippen molar-refractivity contribution in [1.29, 1.82) is 0 Å². The molecule has 1 aromatic carbocycles. The fraction of sp³-hybridized carbons (Fsp3) is 0.611. The lowest BCUT2D eigenvalue weighted by molar-refractivity contribution is -0.184. The zero-order valence-corrected chi connectivity index (χ0v) is 13.9. The predicted molar refractivity (Wildman–Crippen MR) is 85.9 cm³/mol. The monoisotopic (exact) mass is 358 g/mol. The highest BCUT2D eigenvalue weighted by atomic mass is 19.4. The molecule has 0 radical (unpaired) electrons. The zero-order chi connectivity index (χ0) is 18.0. The van der Waals surface area contributed by atoms with Crippen LogP contribution in [0, 0.1) is 11.7 Å². The van der Waals surface area contributed by atoms with Gasteiger partial charge in [0.25, 0.3) is 5.91 Å². The molecule has 0 spiro atoms. The van der Waals surface area contributed by atoms with E-state index in [4.69, 9.17) is 0 Å². The van der Waals surface area contributed by atoms with Crippen molar-refractivity contribution in [2.75, 3.05) is 26.2 Å². The molecule has 1 unspecified atom stereocenters. The van der Waals surface area contributed by atoms with Gasteiger partial charge in [-0.25, -0.2) is 4.39 Å². The number of piperidine rings is 2. The van der Waals surface area contributed by atoms with E-state index in [1.54, 1.807) is 12.1 Å². The molecule has 3 rings (SSSR count). The average molecular weight is 358 g/mol. The number of benzene rings is 1. The van der Waals surface area contributed by atoms with Crippen molar-refractivity contribution < 1.29 is 22.4 Å². The summed E-state index contributed by atoms with van der Waals surface area (Å²) in [7, 11) is 0. The Morgan fingerprint density at radius 3 is 2.52 bits per heavy atom. The quantitative estimate of drug-likeness (QED) is 0.818. The number of alkyl halides is 3. The molecule has 2 heterocycles. The number of amides is 1. The molecule has 2 fully saturated rings. The van der Waals surface area contributed by atoms with Gasteiger partial charge in [-0.05, 0) is 62.4 Å². The molecule has 2 aliphatic heterocycles. The number of rotatable bonds is 2. The van der Waals surface area contributed by atoms with Crippen molar-refractivity contribution in [3.05, 3.63) is 35.1 Å². The Morgan fingerprint density at radius 2 is 1.88 bits per heavy atom. The third-order valence-electron chi connectivity index (χ3n) is 5.20. The molecular formula is C18H22F4N2O. The van der Waals surface area contributed by atoms with Crippen LogP contribution in [0.2, 0.25) is 0 Å². The van der Waals surface area contributed by atoms with Gasteiger partial charge in [-0.3, -0.25) is 4.79 Å². The first kappa shape index (κ1) is 18.2. The summed E-state index contributed by atoms with van der Waals surface area (Å²) in [6, 6.07) is 4.33. The number of hydrogen-bond donors (Lipinski definition) is 1. The second-order valence-electron chi connectivity index (χ2n) is 6.89. The third-order valence-corrected chi connectivity index (χ3v) is 5.20. The van der Waals surface area contributed by atoms with Crippen molar-refractivity contribution in [2.45, 2.75) is 37.8 Å². The Morgan fingerprint density at radius 1 is 1.16 bits per heavy atom. The van der Waals surface area contributed by atoms with Gasteiger partial charge in [0.15, 0.2) is 0 Å². The van der Waals surface area contributed by atoms with E-state index >= 15 is 0 Å². The van der Waals surface area contributed by atoms with Gasteiger partial charge in [0.1, 0.15) is 5.82 Å². The lowest BCUT2D eigenvalue weighted by Gasteiger charge is -2.34. The molecule has 0 aliphatic carbocycles. The molecular weight excluding hydrogens is 336 g/mol. The summed E-state index contributed by atoms with van der Waals surface area (Å²) in [5, 5.41) is 3.22. The van der Waals surface area contributed by atoms with Crippen LogP contribution in [0.3, 0.4) is 0 Å². The van der Waals surface area contributed by atoms with Crippen LogP contribution < -0.4 is 5.32 Å². The highest BCUT2D eigenvalue weighted by molar-refractivity contribution is 5.94. The van der Waals surface area contributed by atoms with Crippen molar-refractivity contribution in [1.82, 2.24) is 10.2 Å². The molecule has 1 aromatic rings. The van der Waals surface area contributed by atoms with E-state index in [0.717, 1.165) is 25.9 Å². The summed E-state index contributed by atoms with van der Waals surface area (Å²) in [6.07, 6.45) is -2.28. The number of halogens is 4. The number of hydrogen-bond acceptors (Lipinski definition) is 2. The number of likely N-dealkylation sites (tertiary alicyclic amines) is 1. The van der Waals surface area contributed by atoms with Crippen LogP contribution in [-0.2, 0) is 0 Å². The largest absolute Gasteiger partial charge is 0.393 e. The number of nitrogens with zero attached hydrogens (tertiary/aromatic N) is 1. The van der Waals surface area contributed by atoms with Gasteiger partial charge >= 0.3 is 6.18 Å². The number of carbonyl (C=O) groups excluding carboxylic acids is 1. The number of nitrogens with one attached hydrogen (secondary N) is 1. The Balaban J connectivity index is 1.73. The van der Waals surface area contributed by atoms with Gasteiger partial charge in [0, 0.05) is 18.7 Å². The van der Waals surface area contributed by atoms with E-state index in [-0.39, 0.29) is 31.0 Å². The molecule has 0 aromatic heterocycles. The summed E-state index contributed by atoms with van der Waals surface area (Å²) in [5.74, 6) is -2.34. The van der Waals surface area contributed by atoms with Gasteiger partial charge in [0.05, 0.1) is 5.92 Å². The maximum atomic E-state index is 14.5. The van der Waals surface area contributed by atoms with Crippen LogP contribution in [0.15, 0.2) is 18.2 Å². The van der Waals surface area contributed by atoms with Crippen LogP contribution in [0.1, 0.15) is 47.5 Å². The molecule has 2 saturated heterocycles. The summed E-state index contributed by atoms with van der Waals surface area (Å²) >= 11 is 0. The highest BCUT2D eigenvalue weighted by Crippen LogP contribution is 2.34. The Bertz CT molecular complexity index is 626. The van der Waals surface area contributed by atoms with Gasteiger partial charge in [-0.15, -0.1) is 0 Å². The van der Waals surface area contributed by atoms with Crippen LogP contribution in [0.5, 0.6) is 0 Å². The molecule has 1 atom stereocenters. The fourth-order valence-corrected chi connectivity index (χ4v) is 3.74. The fourth-order valence-electron chi connectivity index (χ4n) is 3.74. The minimum atomic E-state index is -4.30. The summed E-state index contributed by atoms with van der Waals surface area (Å²) in [5.41, 5.74) is 0.711. The maximum absolute atomic E-state index is 14.5. The van der Waals surface area contributed by atoms with Crippen molar-refractivity contribution in [2.24, 2.45) is 5.92 Å². The third kappa shape index (κ3) is 4.14. The molecule has 138 valence electrons. The molecule has 2 aliphatic rings. The van der Waals surface area contributed by atoms with E-state index < -0.39 is 23.8 Å². The van der Waals surface area contributed by atoms with Crippen molar-refractivity contribution >= 4 is 5.91 Å². The van der Waals surface area contributed by atoms with Crippen LogP contribution in [0.4, 0.5) is 17.6 Å². The van der Waals surface area contributed by atoms with Gasteiger partial charge in [-0.2, -0.15) is 13.2 Å². The second-order valence-corrected chi connectivity index (χ2v) is 6.89. The molecule has 3 nitrogen and oxygen atoms in total.